The molecule has 0 fully saturated rings. The number of benzene rings is 1. The first-order valence-corrected chi connectivity index (χ1v) is 5.38. The van der Waals surface area contributed by atoms with Gasteiger partial charge in [-0.1, -0.05) is 26.0 Å². The summed E-state index contributed by atoms with van der Waals surface area (Å²) in [4.78, 5) is 11.5. The summed E-state index contributed by atoms with van der Waals surface area (Å²) < 4.78 is 5.32. The molecule has 0 spiro atoms. The number of aliphatic hydroxyl groups is 1. The van der Waals surface area contributed by atoms with Crippen molar-refractivity contribution in [3.05, 3.63) is 28.8 Å². The van der Waals surface area contributed by atoms with Gasteiger partial charge in [-0.25, -0.2) is 0 Å². The lowest BCUT2D eigenvalue weighted by Gasteiger charge is -2.13. The van der Waals surface area contributed by atoms with E-state index in [1.807, 2.05) is 26.0 Å². The molecule has 0 aliphatic carbocycles. The minimum absolute atomic E-state index is 0.0000863. The van der Waals surface area contributed by atoms with Crippen LogP contribution >= 0.6 is 0 Å². The summed E-state index contributed by atoms with van der Waals surface area (Å²) in [6, 6.07) is 3.66. The molecule has 0 aliphatic heterocycles. The molecule has 3 nitrogen and oxygen atoms in total. The normalized spacial score (nSPS) is 10.6. The first-order chi connectivity index (χ1) is 7.45. The van der Waals surface area contributed by atoms with Gasteiger partial charge in [0.1, 0.15) is 5.75 Å². The minimum Gasteiger partial charge on any atom is -0.426 e. The molecule has 0 saturated heterocycles. The second-order valence-corrected chi connectivity index (χ2v) is 4.29. The van der Waals surface area contributed by atoms with Crippen LogP contribution in [0, 0.1) is 19.8 Å². The van der Waals surface area contributed by atoms with Crippen LogP contribution in [0.5, 0.6) is 5.75 Å². The number of aryl methyl sites for hydroxylation is 2. The van der Waals surface area contributed by atoms with Crippen molar-refractivity contribution in [3.63, 3.8) is 0 Å². The van der Waals surface area contributed by atoms with E-state index in [9.17, 15) is 4.79 Å². The summed E-state index contributed by atoms with van der Waals surface area (Å²) in [5.74, 6) is 0.232. The third-order valence-electron chi connectivity index (χ3n) is 2.38. The number of carbonyl (C=O) groups is 1. The van der Waals surface area contributed by atoms with Crippen molar-refractivity contribution in [2.75, 3.05) is 0 Å². The highest BCUT2D eigenvalue weighted by Gasteiger charge is 2.13. The van der Waals surface area contributed by atoms with E-state index >= 15 is 0 Å². The van der Waals surface area contributed by atoms with Crippen LogP contribution < -0.4 is 4.74 Å². The maximum Gasteiger partial charge on any atom is 0.313 e. The molecule has 1 aromatic rings. The predicted molar refractivity (Wildman–Crippen MR) is 62.3 cm³/mol. The van der Waals surface area contributed by atoms with Crippen LogP contribution in [0.1, 0.15) is 30.5 Å². The standard InChI is InChI=1S/C13H18O3/c1-8(2)13(15)16-12-9(3)5-11(7-14)6-10(12)4/h5-6,8,14H,7H2,1-4H3. The number of esters is 1. The number of hydrogen-bond donors (Lipinski definition) is 1. The summed E-state index contributed by atoms with van der Waals surface area (Å²) in [6.07, 6.45) is 0. The molecule has 0 aromatic heterocycles. The molecule has 1 rings (SSSR count). The van der Waals surface area contributed by atoms with Crippen LogP contribution in [0.15, 0.2) is 12.1 Å². The zero-order chi connectivity index (χ0) is 12.3. The summed E-state index contributed by atoms with van der Waals surface area (Å²) in [7, 11) is 0. The number of aliphatic hydroxyl groups excluding tert-OH is 1. The van der Waals surface area contributed by atoms with Gasteiger partial charge in [-0.05, 0) is 30.5 Å². The number of hydrogen-bond acceptors (Lipinski definition) is 3. The van der Waals surface area contributed by atoms with Gasteiger partial charge in [0.15, 0.2) is 0 Å². The summed E-state index contributed by atoms with van der Waals surface area (Å²) in [6.45, 7) is 7.34. The van der Waals surface area contributed by atoms with Gasteiger partial charge in [-0.2, -0.15) is 0 Å². The van der Waals surface area contributed by atoms with E-state index in [-0.39, 0.29) is 18.5 Å². The van der Waals surface area contributed by atoms with E-state index in [0.717, 1.165) is 16.7 Å². The zero-order valence-corrected chi connectivity index (χ0v) is 10.2. The van der Waals surface area contributed by atoms with Gasteiger partial charge in [-0.3, -0.25) is 4.79 Å². The summed E-state index contributed by atoms with van der Waals surface area (Å²) in [5, 5.41) is 9.04. The molecule has 0 amide bonds. The maximum atomic E-state index is 11.5. The fourth-order valence-corrected chi connectivity index (χ4v) is 1.51. The van der Waals surface area contributed by atoms with Crippen molar-refractivity contribution >= 4 is 5.97 Å². The highest BCUT2D eigenvalue weighted by Crippen LogP contribution is 2.25. The molecule has 1 N–H and O–H groups in total. The monoisotopic (exact) mass is 222 g/mol. The van der Waals surface area contributed by atoms with E-state index < -0.39 is 0 Å². The molecule has 0 unspecified atom stereocenters. The van der Waals surface area contributed by atoms with Crippen molar-refractivity contribution in [2.24, 2.45) is 5.92 Å². The Labute approximate surface area is 96.1 Å². The molecular formula is C13H18O3. The molecule has 88 valence electrons. The highest BCUT2D eigenvalue weighted by molar-refractivity contribution is 5.75. The first kappa shape index (κ1) is 12.7. The smallest absolute Gasteiger partial charge is 0.313 e. The minimum atomic E-state index is -0.233. The van der Waals surface area contributed by atoms with Crippen molar-refractivity contribution in [1.29, 1.82) is 0 Å². The average Bonchev–Trinajstić information content (AvgIpc) is 2.22. The Bertz CT molecular complexity index is 371. The van der Waals surface area contributed by atoms with Crippen molar-refractivity contribution in [2.45, 2.75) is 34.3 Å². The number of carbonyl (C=O) groups excluding carboxylic acids is 1. The van der Waals surface area contributed by atoms with E-state index in [0.29, 0.717) is 5.75 Å². The van der Waals surface area contributed by atoms with E-state index in [1.54, 1.807) is 13.8 Å². The molecule has 1 aromatic carbocycles. The largest absolute Gasteiger partial charge is 0.426 e. The molecule has 16 heavy (non-hydrogen) atoms. The SMILES string of the molecule is Cc1cc(CO)cc(C)c1OC(=O)C(C)C. The fraction of sp³-hybridized carbons (Fsp3) is 0.462. The van der Waals surface area contributed by atoms with Crippen LogP contribution in [0.4, 0.5) is 0 Å². The molecule has 0 saturated carbocycles. The van der Waals surface area contributed by atoms with Gasteiger partial charge >= 0.3 is 5.97 Å². The van der Waals surface area contributed by atoms with E-state index in [2.05, 4.69) is 0 Å². The number of rotatable bonds is 3. The Kier molecular flexibility index (Phi) is 4.07. The van der Waals surface area contributed by atoms with Crippen LogP contribution in [-0.2, 0) is 11.4 Å². The Balaban J connectivity index is 3.01. The van der Waals surface area contributed by atoms with Gasteiger partial charge in [0, 0.05) is 0 Å². The number of ether oxygens (including phenoxy) is 1. The first-order valence-electron chi connectivity index (χ1n) is 5.38. The fourth-order valence-electron chi connectivity index (χ4n) is 1.51. The lowest BCUT2D eigenvalue weighted by atomic mass is 10.1. The Morgan fingerprint density at radius 3 is 2.19 bits per heavy atom. The van der Waals surface area contributed by atoms with Crippen molar-refractivity contribution in [1.82, 2.24) is 0 Å². The molecular weight excluding hydrogens is 204 g/mol. The Hall–Kier alpha value is -1.35. The zero-order valence-electron chi connectivity index (χ0n) is 10.2. The topological polar surface area (TPSA) is 46.5 Å². The van der Waals surface area contributed by atoms with Crippen LogP contribution in [0.2, 0.25) is 0 Å². The van der Waals surface area contributed by atoms with Gasteiger partial charge in [0.05, 0.1) is 12.5 Å². The second kappa shape index (κ2) is 5.12. The molecule has 0 radical (unpaired) electrons. The maximum absolute atomic E-state index is 11.5. The molecule has 0 bridgehead atoms. The summed E-state index contributed by atoms with van der Waals surface area (Å²) >= 11 is 0. The van der Waals surface area contributed by atoms with Gasteiger partial charge in [-0.15, -0.1) is 0 Å². The van der Waals surface area contributed by atoms with Gasteiger partial charge in [0.2, 0.25) is 0 Å². The highest BCUT2D eigenvalue weighted by atomic mass is 16.5. The van der Waals surface area contributed by atoms with E-state index in [4.69, 9.17) is 9.84 Å². The summed E-state index contributed by atoms with van der Waals surface area (Å²) in [5.41, 5.74) is 2.58. The molecule has 0 heterocycles. The van der Waals surface area contributed by atoms with Gasteiger partial charge in [0.25, 0.3) is 0 Å². The Morgan fingerprint density at radius 2 is 1.81 bits per heavy atom. The predicted octanol–water partition coefficient (Wildman–Crippen LogP) is 2.36. The molecule has 3 heteroatoms. The van der Waals surface area contributed by atoms with Crippen LogP contribution in [-0.4, -0.2) is 11.1 Å². The van der Waals surface area contributed by atoms with Crippen molar-refractivity contribution in [3.8, 4) is 5.75 Å². The third kappa shape index (κ3) is 2.83. The van der Waals surface area contributed by atoms with E-state index in [1.165, 1.54) is 0 Å². The molecule has 0 atom stereocenters. The van der Waals surface area contributed by atoms with Gasteiger partial charge < -0.3 is 9.84 Å². The quantitative estimate of drug-likeness (QED) is 0.630. The second-order valence-electron chi connectivity index (χ2n) is 4.29. The van der Waals surface area contributed by atoms with Crippen molar-refractivity contribution < 1.29 is 14.6 Å². The lowest BCUT2D eigenvalue weighted by Crippen LogP contribution is -2.16. The molecule has 0 aliphatic rings. The van der Waals surface area contributed by atoms with Crippen LogP contribution in [0.25, 0.3) is 0 Å². The third-order valence-corrected chi connectivity index (χ3v) is 2.38. The average molecular weight is 222 g/mol. The van der Waals surface area contributed by atoms with Crippen LogP contribution in [0.3, 0.4) is 0 Å². The Morgan fingerprint density at radius 1 is 1.31 bits per heavy atom. The lowest BCUT2D eigenvalue weighted by molar-refractivity contribution is -0.137.